The van der Waals surface area contributed by atoms with Crippen LogP contribution in [0.1, 0.15) is 58.8 Å². The van der Waals surface area contributed by atoms with Crippen LogP contribution in [0.15, 0.2) is 10.9 Å². The summed E-state index contributed by atoms with van der Waals surface area (Å²) in [4.78, 5) is 18.2. The predicted octanol–water partition coefficient (Wildman–Crippen LogP) is 3.44. The van der Waals surface area contributed by atoms with Gasteiger partial charge in [0.15, 0.2) is 10.7 Å². The van der Waals surface area contributed by atoms with Crippen LogP contribution in [-0.4, -0.2) is 30.9 Å². The van der Waals surface area contributed by atoms with Crippen molar-refractivity contribution >= 4 is 16.3 Å². The average Bonchev–Trinajstić information content (AvgIpc) is 3.59. The molecule has 3 heterocycles. The average molecular weight is 442 g/mol. The summed E-state index contributed by atoms with van der Waals surface area (Å²) in [7, 11) is 0. The molecule has 0 spiro atoms. The van der Waals surface area contributed by atoms with E-state index in [9.17, 15) is 27.5 Å². The summed E-state index contributed by atoms with van der Waals surface area (Å²) in [5.41, 5.74) is -1.07. The molecular weight excluding hydrogens is 424 g/mol. The molecular formula is C19H18F4N4O2S. The zero-order chi connectivity index (χ0) is 21.4. The van der Waals surface area contributed by atoms with E-state index < -0.39 is 23.2 Å². The van der Waals surface area contributed by atoms with Crippen LogP contribution < -0.4 is 5.56 Å². The monoisotopic (exact) mass is 442 g/mol. The van der Waals surface area contributed by atoms with Crippen molar-refractivity contribution in [3.63, 3.8) is 0 Å². The molecule has 0 aromatic carbocycles. The second kappa shape index (κ2) is 6.61. The zero-order valence-corrected chi connectivity index (χ0v) is 16.7. The second-order valence-electron chi connectivity index (χ2n) is 8.01. The van der Waals surface area contributed by atoms with Crippen molar-refractivity contribution < 1.29 is 22.7 Å². The van der Waals surface area contributed by atoms with Gasteiger partial charge in [0.1, 0.15) is 5.69 Å². The van der Waals surface area contributed by atoms with E-state index in [2.05, 4.69) is 10.1 Å². The number of thiazole rings is 1. The van der Waals surface area contributed by atoms with Crippen molar-refractivity contribution in [2.75, 3.05) is 6.61 Å². The quantitative estimate of drug-likeness (QED) is 0.615. The highest BCUT2D eigenvalue weighted by Gasteiger charge is 2.42. The molecule has 3 aromatic heterocycles. The topological polar surface area (TPSA) is 72.4 Å². The fourth-order valence-corrected chi connectivity index (χ4v) is 5.06. The van der Waals surface area contributed by atoms with Crippen LogP contribution >= 0.6 is 11.3 Å². The molecule has 0 saturated heterocycles. The number of alkyl halides is 3. The fourth-order valence-electron chi connectivity index (χ4n) is 4.01. The van der Waals surface area contributed by atoms with Crippen LogP contribution in [-0.2, 0) is 12.7 Å². The molecule has 0 bridgehead atoms. The van der Waals surface area contributed by atoms with E-state index in [1.165, 1.54) is 15.7 Å². The first-order valence-corrected chi connectivity index (χ1v) is 10.5. The van der Waals surface area contributed by atoms with Gasteiger partial charge in [0.2, 0.25) is 5.82 Å². The number of aliphatic hydroxyl groups excluding tert-OH is 1. The smallest absolute Gasteiger partial charge is 0.396 e. The Hall–Kier alpha value is -2.27. The molecule has 0 aliphatic heterocycles. The standard InChI is InChI=1S/C19H18F4N4O2S/c1-8-16(11-4-10(11)7-28)27-17(29)15(20)12(24-18(27)30-8)6-26-13(9-2-3-9)5-14(25-26)19(21,22)23/h5,9-11,28H,2-4,6-7H2,1H3/t10-,11+/m0/s1. The van der Waals surface area contributed by atoms with Gasteiger partial charge in [-0.15, -0.1) is 11.3 Å². The molecule has 0 unspecified atom stereocenters. The Morgan fingerprint density at radius 3 is 2.67 bits per heavy atom. The number of aromatic nitrogens is 4. The van der Waals surface area contributed by atoms with Gasteiger partial charge in [-0.2, -0.15) is 22.7 Å². The van der Waals surface area contributed by atoms with Crippen LogP contribution in [0.2, 0.25) is 0 Å². The lowest BCUT2D eigenvalue weighted by molar-refractivity contribution is -0.141. The Kier molecular flexibility index (Phi) is 4.34. The van der Waals surface area contributed by atoms with Gasteiger partial charge in [-0.1, -0.05) is 0 Å². The number of hydrogen-bond donors (Lipinski definition) is 1. The summed E-state index contributed by atoms with van der Waals surface area (Å²) in [6.07, 6.45) is -2.38. The Morgan fingerprint density at radius 2 is 2.07 bits per heavy atom. The molecule has 6 nitrogen and oxygen atoms in total. The summed E-state index contributed by atoms with van der Waals surface area (Å²) in [6, 6.07) is 0.997. The minimum Gasteiger partial charge on any atom is -0.396 e. The van der Waals surface area contributed by atoms with Crippen molar-refractivity contribution in [3.05, 3.63) is 49.9 Å². The van der Waals surface area contributed by atoms with Crippen LogP contribution in [0.4, 0.5) is 17.6 Å². The minimum absolute atomic E-state index is 0.00499. The third kappa shape index (κ3) is 3.15. The highest BCUT2D eigenvalue weighted by atomic mass is 32.1. The van der Waals surface area contributed by atoms with E-state index in [0.29, 0.717) is 16.3 Å². The van der Waals surface area contributed by atoms with Gasteiger partial charge in [0, 0.05) is 34.7 Å². The van der Waals surface area contributed by atoms with E-state index in [1.54, 1.807) is 0 Å². The molecule has 3 aromatic rings. The number of aliphatic hydroxyl groups is 1. The Labute approximate surface area is 171 Å². The maximum Gasteiger partial charge on any atom is 0.435 e. The van der Waals surface area contributed by atoms with Gasteiger partial charge < -0.3 is 5.11 Å². The first-order valence-electron chi connectivity index (χ1n) is 9.65. The van der Waals surface area contributed by atoms with Gasteiger partial charge in [0.05, 0.1) is 6.54 Å². The third-order valence-electron chi connectivity index (χ3n) is 5.82. The van der Waals surface area contributed by atoms with Gasteiger partial charge in [0.25, 0.3) is 5.56 Å². The predicted molar refractivity (Wildman–Crippen MR) is 100 cm³/mol. The highest BCUT2D eigenvalue weighted by molar-refractivity contribution is 7.17. The normalized spacial score (nSPS) is 21.5. The number of nitrogens with zero attached hydrogens (tertiary/aromatic N) is 4. The van der Waals surface area contributed by atoms with Crippen molar-refractivity contribution in [1.82, 2.24) is 19.2 Å². The summed E-state index contributed by atoms with van der Waals surface area (Å²) in [5, 5.41) is 13.0. The number of hydrogen-bond acceptors (Lipinski definition) is 5. The van der Waals surface area contributed by atoms with Crippen molar-refractivity contribution in [2.24, 2.45) is 5.92 Å². The summed E-state index contributed by atoms with van der Waals surface area (Å²) in [5.74, 6) is -1.10. The van der Waals surface area contributed by atoms with Crippen LogP contribution in [0.3, 0.4) is 0 Å². The highest BCUT2D eigenvalue weighted by Crippen LogP contribution is 2.49. The third-order valence-corrected chi connectivity index (χ3v) is 6.79. The lowest BCUT2D eigenvalue weighted by atomic mass is 10.2. The number of fused-ring (bicyclic) bond motifs is 1. The number of halogens is 4. The molecule has 0 amide bonds. The molecule has 2 fully saturated rings. The van der Waals surface area contributed by atoms with E-state index in [0.717, 1.165) is 34.9 Å². The maximum atomic E-state index is 15.0. The maximum absolute atomic E-state index is 15.0. The second-order valence-corrected chi connectivity index (χ2v) is 9.19. The molecule has 160 valence electrons. The zero-order valence-electron chi connectivity index (χ0n) is 15.9. The first-order chi connectivity index (χ1) is 14.2. The Balaban J connectivity index is 1.57. The molecule has 5 rings (SSSR count). The largest absolute Gasteiger partial charge is 0.435 e. The van der Waals surface area contributed by atoms with E-state index in [-0.39, 0.29) is 36.6 Å². The first kappa shape index (κ1) is 19.7. The van der Waals surface area contributed by atoms with Crippen LogP contribution in [0.25, 0.3) is 4.96 Å². The van der Waals surface area contributed by atoms with Crippen molar-refractivity contribution in [3.8, 4) is 0 Å². The molecule has 2 saturated carbocycles. The fraction of sp³-hybridized carbons (Fsp3) is 0.526. The molecule has 2 aliphatic carbocycles. The molecule has 1 N–H and O–H groups in total. The number of aryl methyl sites for hydroxylation is 1. The van der Waals surface area contributed by atoms with Crippen LogP contribution in [0, 0.1) is 18.7 Å². The molecule has 0 radical (unpaired) electrons. The van der Waals surface area contributed by atoms with Crippen molar-refractivity contribution in [2.45, 2.75) is 50.7 Å². The van der Waals surface area contributed by atoms with E-state index in [1.807, 2.05) is 6.92 Å². The molecule has 11 heteroatoms. The van der Waals surface area contributed by atoms with E-state index >= 15 is 0 Å². The minimum atomic E-state index is -4.60. The molecule has 2 atom stereocenters. The van der Waals surface area contributed by atoms with Gasteiger partial charge in [-0.3, -0.25) is 13.9 Å². The summed E-state index contributed by atoms with van der Waals surface area (Å²) >= 11 is 1.23. The molecule has 2 aliphatic rings. The molecule has 30 heavy (non-hydrogen) atoms. The lowest BCUT2D eigenvalue weighted by Gasteiger charge is -2.08. The SMILES string of the molecule is Cc1sc2nc(Cn3nc(C(F)(F)F)cc3C3CC3)c(F)c(=O)n2c1[C@@H]1C[C@H]1CO. The summed E-state index contributed by atoms with van der Waals surface area (Å²) in [6.45, 7) is 1.47. The van der Waals surface area contributed by atoms with Gasteiger partial charge in [-0.25, -0.2) is 4.98 Å². The van der Waals surface area contributed by atoms with Crippen LogP contribution in [0.5, 0.6) is 0 Å². The Bertz CT molecular complexity index is 1210. The Morgan fingerprint density at radius 1 is 1.33 bits per heavy atom. The summed E-state index contributed by atoms with van der Waals surface area (Å²) < 4.78 is 56.6. The van der Waals surface area contributed by atoms with Crippen molar-refractivity contribution in [1.29, 1.82) is 0 Å². The number of rotatable bonds is 5. The van der Waals surface area contributed by atoms with Gasteiger partial charge >= 0.3 is 6.18 Å². The van der Waals surface area contributed by atoms with E-state index in [4.69, 9.17) is 0 Å². The van der Waals surface area contributed by atoms with Gasteiger partial charge in [-0.05, 0) is 38.2 Å². The lowest BCUT2D eigenvalue weighted by Crippen LogP contribution is -2.24.